The highest BCUT2D eigenvalue weighted by Gasteiger charge is 2.35. The fraction of sp³-hybridized carbons (Fsp3) is 0.455. The lowest BCUT2D eigenvalue weighted by atomic mass is 9.80. The number of carboxylic acids is 1. The molecule has 1 aromatic heterocycles. The van der Waals surface area contributed by atoms with Gasteiger partial charge in [0.1, 0.15) is 0 Å². The van der Waals surface area contributed by atoms with E-state index in [0.29, 0.717) is 17.5 Å². The highest BCUT2D eigenvalue weighted by molar-refractivity contribution is 9.10. The van der Waals surface area contributed by atoms with E-state index in [1.54, 1.807) is 13.0 Å². The predicted octanol–water partition coefficient (Wildman–Crippen LogP) is 1.94. The van der Waals surface area contributed by atoms with Crippen LogP contribution in [-0.4, -0.2) is 23.0 Å². The van der Waals surface area contributed by atoms with E-state index < -0.39 is 5.97 Å². The number of halogens is 1. The van der Waals surface area contributed by atoms with E-state index in [4.69, 9.17) is 9.52 Å². The summed E-state index contributed by atoms with van der Waals surface area (Å²) < 4.78 is 5.72. The van der Waals surface area contributed by atoms with Gasteiger partial charge in [-0.1, -0.05) is 0 Å². The molecule has 1 aliphatic carbocycles. The molecule has 1 fully saturated rings. The molecule has 2 N–H and O–H groups in total. The first-order valence-corrected chi connectivity index (χ1v) is 6.06. The second-order valence-electron chi connectivity index (χ2n) is 4.24. The van der Waals surface area contributed by atoms with Crippen molar-refractivity contribution in [3.63, 3.8) is 0 Å². The Bertz CT molecular complexity index is 462. The lowest BCUT2D eigenvalue weighted by Gasteiger charge is -2.32. The highest BCUT2D eigenvalue weighted by atomic mass is 79.9. The predicted molar refractivity (Wildman–Crippen MR) is 62.8 cm³/mol. The van der Waals surface area contributed by atoms with Crippen LogP contribution in [0.1, 0.15) is 29.0 Å². The first kappa shape index (κ1) is 12.2. The van der Waals surface area contributed by atoms with Crippen LogP contribution in [0.2, 0.25) is 0 Å². The minimum Gasteiger partial charge on any atom is -0.481 e. The van der Waals surface area contributed by atoms with Crippen molar-refractivity contribution in [1.82, 2.24) is 5.32 Å². The number of hydrogen-bond acceptors (Lipinski definition) is 3. The van der Waals surface area contributed by atoms with Gasteiger partial charge in [-0.3, -0.25) is 9.59 Å². The largest absolute Gasteiger partial charge is 0.481 e. The number of furan rings is 1. The molecule has 5 nitrogen and oxygen atoms in total. The first-order valence-electron chi connectivity index (χ1n) is 5.27. The smallest absolute Gasteiger partial charge is 0.306 e. The Morgan fingerprint density at radius 2 is 2.18 bits per heavy atom. The topological polar surface area (TPSA) is 79.5 Å². The molecule has 6 heteroatoms. The minimum atomic E-state index is -0.799. The molecule has 1 saturated carbocycles. The molecule has 1 aromatic rings. The van der Waals surface area contributed by atoms with Gasteiger partial charge in [0.15, 0.2) is 10.4 Å². The lowest BCUT2D eigenvalue weighted by Crippen LogP contribution is -2.46. The molecular weight excluding hydrogens is 290 g/mol. The van der Waals surface area contributed by atoms with Crippen molar-refractivity contribution in [2.75, 3.05) is 0 Å². The van der Waals surface area contributed by atoms with E-state index >= 15 is 0 Å². The van der Waals surface area contributed by atoms with Crippen LogP contribution in [0.25, 0.3) is 0 Å². The average Bonchev–Trinajstić information content (AvgIpc) is 2.49. The molecule has 0 bridgehead atoms. The Labute approximate surface area is 106 Å². The van der Waals surface area contributed by atoms with Crippen LogP contribution >= 0.6 is 15.9 Å². The van der Waals surface area contributed by atoms with Gasteiger partial charge in [0.2, 0.25) is 0 Å². The Hall–Kier alpha value is -1.30. The van der Waals surface area contributed by atoms with Gasteiger partial charge in [0.25, 0.3) is 5.91 Å². The van der Waals surface area contributed by atoms with Crippen LogP contribution in [0.15, 0.2) is 15.2 Å². The Morgan fingerprint density at radius 1 is 1.53 bits per heavy atom. The summed E-state index contributed by atoms with van der Waals surface area (Å²) in [4.78, 5) is 22.4. The van der Waals surface area contributed by atoms with Crippen LogP contribution in [0.5, 0.6) is 0 Å². The maximum absolute atomic E-state index is 11.8. The van der Waals surface area contributed by atoms with Gasteiger partial charge in [0, 0.05) is 11.6 Å². The summed E-state index contributed by atoms with van der Waals surface area (Å²) in [5, 5.41) is 11.5. The number of hydrogen-bond donors (Lipinski definition) is 2. The standard InChI is InChI=1S/C11H12BrNO4/c1-5-2-8(12)17-9(5)10(14)13-7-3-6(4-7)11(15)16/h2,6-7H,3-4H2,1H3,(H,13,14)(H,15,16). The van der Waals surface area contributed by atoms with Gasteiger partial charge in [-0.2, -0.15) is 0 Å². The third-order valence-electron chi connectivity index (χ3n) is 2.92. The number of amides is 1. The Morgan fingerprint density at radius 3 is 2.65 bits per heavy atom. The number of aryl methyl sites for hydroxylation is 1. The monoisotopic (exact) mass is 301 g/mol. The summed E-state index contributed by atoms with van der Waals surface area (Å²) in [7, 11) is 0. The van der Waals surface area contributed by atoms with E-state index in [1.165, 1.54) is 0 Å². The quantitative estimate of drug-likeness (QED) is 0.894. The van der Waals surface area contributed by atoms with E-state index in [0.717, 1.165) is 5.56 Å². The molecule has 0 spiro atoms. The second-order valence-corrected chi connectivity index (χ2v) is 5.02. The van der Waals surface area contributed by atoms with Gasteiger partial charge in [0.05, 0.1) is 5.92 Å². The summed E-state index contributed by atoms with van der Waals surface area (Å²) in [5.41, 5.74) is 0.753. The summed E-state index contributed by atoms with van der Waals surface area (Å²) in [5.74, 6) is -1.14. The van der Waals surface area contributed by atoms with Crippen LogP contribution in [0.4, 0.5) is 0 Å². The second kappa shape index (κ2) is 4.52. The number of carbonyl (C=O) groups excluding carboxylic acids is 1. The fourth-order valence-corrected chi connectivity index (χ4v) is 2.36. The van der Waals surface area contributed by atoms with Crippen molar-refractivity contribution < 1.29 is 19.1 Å². The van der Waals surface area contributed by atoms with Crippen LogP contribution in [-0.2, 0) is 4.79 Å². The Balaban J connectivity index is 1.91. The van der Waals surface area contributed by atoms with Gasteiger partial charge in [-0.05, 0) is 41.8 Å². The molecule has 0 radical (unpaired) electrons. The number of rotatable bonds is 3. The van der Waals surface area contributed by atoms with Gasteiger partial charge in [-0.25, -0.2) is 0 Å². The zero-order chi connectivity index (χ0) is 12.6. The van der Waals surface area contributed by atoms with Crippen molar-refractivity contribution in [2.45, 2.75) is 25.8 Å². The zero-order valence-electron chi connectivity index (χ0n) is 9.20. The van der Waals surface area contributed by atoms with Crippen molar-refractivity contribution >= 4 is 27.8 Å². The van der Waals surface area contributed by atoms with Crippen LogP contribution in [0.3, 0.4) is 0 Å². The highest BCUT2D eigenvalue weighted by Crippen LogP contribution is 2.28. The molecule has 2 rings (SSSR count). The van der Waals surface area contributed by atoms with E-state index in [9.17, 15) is 9.59 Å². The summed E-state index contributed by atoms with van der Waals surface area (Å²) in [6.07, 6.45) is 0.976. The van der Waals surface area contributed by atoms with Crippen molar-refractivity contribution in [2.24, 2.45) is 5.92 Å². The zero-order valence-corrected chi connectivity index (χ0v) is 10.8. The van der Waals surface area contributed by atoms with Crippen molar-refractivity contribution in [3.05, 3.63) is 22.1 Å². The third-order valence-corrected chi connectivity index (χ3v) is 3.31. The molecule has 1 aliphatic rings. The number of carboxylic acid groups (broad SMARTS) is 1. The average molecular weight is 302 g/mol. The summed E-state index contributed by atoms with van der Waals surface area (Å²) >= 11 is 3.15. The minimum absolute atomic E-state index is 0.0631. The van der Waals surface area contributed by atoms with Crippen molar-refractivity contribution in [3.8, 4) is 0 Å². The molecule has 17 heavy (non-hydrogen) atoms. The van der Waals surface area contributed by atoms with Gasteiger partial charge >= 0.3 is 5.97 Å². The van der Waals surface area contributed by atoms with E-state index in [-0.39, 0.29) is 23.6 Å². The SMILES string of the molecule is Cc1cc(Br)oc1C(=O)NC1CC(C(=O)O)C1. The summed E-state index contributed by atoms with van der Waals surface area (Å²) in [6, 6.07) is 1.65. The molecule has 0 atom stereocenters. The van der Waals surface area contributed by atoms with Crippen LogP contribution < -0.4 is 5.32 Å². The number of aliphatic carboxylic acids is 1. The van der Waals surface area contributed by atoms with Gasteiger partial charge < -0.3 is 14.8 Å². The molecule has 92 valence electrons. The molecule has 0 aliphatic heterocycles. The maximum Gasteiger partial charge on any atom is 0.306 e. The molecular formula is C11H12BrNO4. The number of nitrogens with one attached hydrogen (secondary N) is 1. The first-order chi connectivity index (χ1) is 7.97. The molecule has 0 aromatic carbocycles. The lowest BCUT2D eigenvalue weighted by molar-refractivity contribution is -0.145. The maximum atomic E-state index is 11.8. The molecule has 1 amide bonds. The normalized spacial score (nSPS) is 22.9. The van der Waals surface area contributed by atoms with Crippen LogP contribution in [0, 0.1) is 12.8 Å². The summed E-state index contributed by atoms with van der Waals surface area (Å²) in [6.45, 7) is 1.78. The third kappa shape index (κ3) is 2.52. The van der Waals surface area contributed by atoms with Gasteiger partial charge in [-0.15, -0.1) is 0 Å². The van der Waals surface area contributed by atoms with E-state index in [1.807, 2.05) is 0 Å². The van der Waals surface area contributed by atoms with E-state index in [2.05, 4.69) is 21.2 Å². The van der Waals surface area contributed by atoms with Crippen molar-refractivity contribution in [1.29, 1.82) is 0 Å². The Kier molecular flexibility index (Phi) is 3.24. The molecule has 1 heterocycles. The number of carbonyl (C=O) groups is 2. The fourth-order valence-electron chi connectivity index (χ4n) is 1.86. The molecule has 0 unspecified atom stereocenters. The molecule has 0 saturated heterocycles.